The number of alkyl halides is 1. The SMILES string of the molecule is NC(N)=NCCC[C@H](CC(=O)[C@@H]1CCCN1C(=O)[C@@H](CC(=O)c1ccc(Br)cc1)Cc1cccnc1)C(=O)CF. The normalized spacial score (nSPS) is 16.2. The number of carbonyl (C=O) groups excluding carboxylic acids is 4. The number of nitrogens with two attached hydrogens (primary N) is 2. The summed E-state index contributed by atoms with van der Waals surface area (Å²) in [6.07, 6.45) is 5.15. The van der Waals surface area contributed by atoms with E-state index in [4.69, 9.17) is 11.5 Å². The molecule has 2 heterocycles. The van der Waals surface area contributed by atoms with Gasteiger partial charge >= 0.3 is 0 Å². The van der Waals surface area contributed by atoms with Crippen LogP contribution in [0.5, 0.6) is 0 Å². The van der Waals surface area contributed by atoms with Crippen molar-refractivity contribution in [1.29, 1.82) is 0 Å². The Balaban J connectivity index is 1.75. The molecule has 0 saturated carbocycles. The van der Waals surface area contributed by atoms with Crippen LogP contribution < -0.4 is 11.5 Å². The smallest absolute Gasteiger partial charge is 0.227 e. The monoisotopic (exact) mass is 615 g/mol. The molecule has 9 nitrogen and oxygen atoms in total. The van der Waals surface area contributed by atoms with Gasteiger partial charge in [-0.25, -0.2) is 4.39 Å². The summed E-state index contributed by atoms with van der Waals surface area (Å²) in [6.45, 7) is -0.528. The lowest BCUT2D eigenvalue weighted by Gasteiger charge is -2.29. The molecule has 4 N–H and O–H groups in total. The summed E-state index contributed by atoms with van der Waals surface area (Å²) in [4.78, 5) is 62.2. The van der Waals surface area contributed by atoms with Gasteiger partial charge < -0.3 is 16.4 Å². The van der Waals surface area contributed by atoms with Crippen molar-refractivity contribution in [2.24, 2.45) is 28.3 Å². The van der Waals surface area contributed by atoms with Crippen LogP contribution in [0.15, 0.2) is 58.3 Å². The average Bonchev–Trinajstić information content (AvgIpc) is 3.44. The maximum absolute atomic E-state index is 13.9. The molecule has 1 fully saturated rings. The second-order valence-corrected chi connectivity index (χ2v) is 10.9. The topological polar surface area (TPSA) is 149 Å². The highest BCUT2D eigenvalue weighted by molar-refractivity contribution is 9.10. The number of pyridine rings is 1. The molecule has 1 aliphatic rings. The summed E-state index contributed by atoms with van der Waals surface area (Å²) in [5.41, 5.74) is 12.0. The molecule has 3 atom stereocenters. The Morgan fingerprint density at radius 2 is 1.85 bits per heavy atom. The van der Waals surface area contributed by atoms with Gasteiger partial charge in [0, 0.05) is 60.2 Å². The Morgan fingerprint density at radius 3 is 2.50 bits per heavy atom. The number of likely N-dealkylation sites (tertiary alicyclic amines) is 1. The number of hydrogen-bond donors (Lipinski definition) is 2. The summed E-state index contributed by atoms with van der Waals surface area (Å²) in [6, 6.07) is 9.84. The number of carbonyl (C=O) groups is 4. The Hall–Kier alpha value is -3.47. The third-order valence-electron chi connectivity index (χ3n) is 7.10. The van der Waals surface area contributed by atoms with E-state index in [9.17, 15) is 23.6 Å². The fourth-order valence-corrected chi connectivity index (χ4v) is 5.30. The number of nitrogens with zero attached hydrogens (tertiary/aromatic N) is 3. The standard InChI is InChI=1S/C29H35BrFN5O4/c30-23-9-7-20(8-10-23)25(37)16-22(14-19-4-1-11-34-18-19)28(40)36-13-3-6-24(36)26(38)15-21(27(39)17-31)5-2-12-35-29(32)33/h1,4,7-11,18,21-22,24H,2-3,5-6,12-17H2,(H4,32,33,35)/t21-,22-,24+/m1/s1. The predicted octanol–water partition coefficient (Wildman–Crippen LogP) is 3.43. The molecule has 1 aromatic heterocycles. The summed E-state index contributed by atoms with van der Waals surface area (Å²) < 4.78 is 14.1. The highest BCUT2D eigenvalue weighted by Gasteiger charge is 2.38. The number of benzene rings is 1. The molecule has 0 radical (unpaired) electrons. The van der Waals surface area contributed by atoms with Crippen LogP contribution in [0.3, 0.4) is 0 Å². The molecule has 1 aliphatic heterocycles. The first kappa shape index (κ1) is 31.1. The molecule has 1 saturated heterocycles. The van der Waals surface area contributed by atoms with Gasteiger partial charge in [-0.3, -0.25) is 29.2 Å². The molecule has 40 heavy (non-hydrogen) atoms. The van der Waals surface area contributed by atoms with Crippen LogP contribution in [0.4, 0.5) is 4.39 Å². The number of hydrogen-bond acceptors (Lipinski definition) is 6. The average molecular weight is 617 g/mol. The molecule has 0 spiro atoms. The lowest BCUT2D eigenvalue weighted by Crippen LogP contribution is -2.45. The molecule has 11 heteroatoms. The first-order valence-corrected chi connectivity index (χ1v) is 14.1. The Bertz CT molecular complexity index is 1200. The fraction of sp³-hybridized carbons (Fsp3) is 0.448. The van der Waals surface area contributed by atoms with Gasteiger partial charge in [-0.2, -0.15) is 0 Å². The van der Waals surface area contributed by atoms with Gasteiger partial charge in [0.1, 0.15) is 6.67 Å². The van der Waals surface area contributed by atoms with E-state index in [-0.39, 0.29) is 49.2 Å². The molecule has 0 aliphatic carbocycles. The van der Waals surface area contributed by atoms with Crippen molar-refractivity contribution < 1.29 is 23.6 Å². The van der Waals surface area contributed by atoms with Crippen molar-refractivity contribution in [3.63, 3.8) is 0 Å². The van der Waals surface area contributed by atoms with Crippen LogP contribution in [0.2, 0.25) is 0 Å². The van der Waals surface area contributed by atoms with Crippen molar-refractivity contribution in [3.05, 3.63) is 64.4 Å². The van der Waals surface area contributed by atoms with Crippen LogP contribution in [0.1, 0.15) is 54.4 Å². The largest absolute Gasteiger partial charge is 0.370 e. The zero-order chi connectivity index (χ0) is 29.1. The molecule has 1 aromatic carbocycles. The first-order chi connectivity index (χ1) is 19.2. The van der Waals surface area contributed by atoms with Crippen molar-refractivity contribution in [1.82, 2.24) is 9.88 Å². The van der Waals surface area contributed by atoms with Crippen LogP contribution in [-0.4, -0.2) is 64.9 Å². The fourth-order valence-electron chi connectivity index (χ4n) is 5.04. The van der Waals surface area contributed by atoms with Gasteiger partial charge in [0.25, 0.3) is 0 Å². The van der Waals surface area contributed by atoms with Crippen molar-refractivity contribution in [3.8, 4) is 0 Å². The zero-order valence-electron chi connectivity index (χ0n) is 22.3. The third-order valence-corrected chi connectivity index (χ3v) is 7.63. The minimum absolute atomic E-state index is 0.0273. The van der Waals surface area contributed by atoms with Gasteiger partial charge in [-0.05, 0) is 55.9 Å². The minimum Gasteiger partial charge on any atom is -0.370 e. The molecular formula is C29H35BrFN5O4. The Kier molecular flexibility index (Phi) is 11.9. The Morgan fingerprint density at radius 1 is 1.10 bits per heavy atom. The molecule has 0 bridgehead atoms. The number of amides is 1. The summed E-state index contributed by atoms with van der Waals surface area (Å²) in [5.74, 6) is -2.98. The molecule has 1 amide bonds. The molecular weight excluding hydrogens is 581 g/mol. The van der Waals surface area contributed by atoms with Gasteiger partial charge in [0.15, 0.2) is 23.3 Å². The maximum Gasteiger partial charge on any atom is 0.227 e. The van der Waals surface area contributed by atoms with Gasteiger partial charge in [0.05, 0.1) is 6.04 Å². The van der Waals surface area contributed by atoms with E-state index in [2.05, 4.69) is 25.9 Å². The molecule has 3 rings (SSSR count). The minimum atomic E-state index is -1.17. The third kappa shape index (κ3) is 9.04. The van der Waals surface area contributed by atoms with Crippen LogP contribution >= 0.6 is 15.9 Å². The summed E-state index contributed by atoms with van der Waals surface area (Å²) in [7, 11) is 0. The van der Waals surface area contributed by atoms with Gasteiger partial charge in [0.2, 0.25) is 5.91 Å². The second kappa shape index (κ2) is 15.4. The second-order valence-electron chi connectivity index (χ2n) is 10.0. The number of ketones is 3. The van der Waals surface area contributed by atoms with E-state index in [1.54, 1.807) is 42.7 Å². The van der Waals surface area contributed by atoms with E-state index in [1.165, 1.54) is 4.90 Å². The van der Waals surface area contributed by atoms with E-state index in [0.29, 0.717) is 37.8 Å². The lowest BCUT2D eigenvalue weighted by atomic mass is 9.89. The number of aliphatic imine (C=N–C) groups is 1. The van der Waals surface area contributed by atoms with Crippen molar-refractivity contribution in [2.45, 2.75) is 51.0 Å². The highest BCUT2D eigenvalue weighted by atomic mass is 79.9. The molecule has 214 valence electrons. The number of guanidine groups is 1. The number of halogens is 2. The first-order valence-electron chi connectivity index (χ1n) is 13.3. The van der Waals surface area contributed by atoms with Crippen LogP contribution in [0, 0.1) is 11.8 Å². The van der Waals surface area contributed by atoms with E-state index < -0.39 is 30.3 Å². The van der Waals surface area contributed by atoms with Crippen LogP contribution in [0.25, 0.3) is 0 Å². The molecule has 2 aromatic rings. The quantitative estimate of drug-likeness (QED) is 0.135. The van der Waals surface area contributed by atoms with Crippen LogP contribution in [-0.2, 0) is 20.8 Å². The van der Waals surface area contributed by atoms with E-state index >= 15 is 0 Å². The van der Waals surface area contributed by atoms with Gasteiger partial charge in [-0.1, -0.05) is 34.1 Å². The predicted molar refractivity (Wildman–Crippen MR) is 153 cm³/mol. The maximum atomic E-state index is 13.9. The van der Waals surface area contributed by atoms with Crippen molar-refractivity contribution in [2.75, 3.05) is 19.8 Å². The number of Topliss-reactive ketones (excluding diaryl/α,β-unsaturated/α-hetero) is 3. The number of aromatic nitrogens is 1. The van der Waals surface area contributed by atoms with E-state index in [1.807, 2.05) is 6.07 Å². The van der Waals surface area contributed by atoms with Gasteiger partial charge in [-0.15, -0.1) is 0 Å². The zero-order valence-corrected chi connectivity index (χ0v) is 23.9. The lowest BCUT2D eigenvalue weighted by molar-refractivity contribution is -0.141. The summed E-state index contributed by atoms with van der Waals surface area (Å²) >= 11 is 3.36. The van der Waals surface area contributed by atoms with E-state index in [0.717, 1.165) is 10.0 Å². The molecule has 0 unspecified atom stereocenters. The Labute approximate surface area is 241 Å². The summed E-state index contributed by atoms with van der Waals surface area (Å²) in [5, 5.41) is 0. The number of rotatable bonds is 15. The van der Waals surface area contributed by atoms with Crippen molar-refractivity contribution >= 4 is 45.1 Å². The highest BCUT2D eigenvalue weighted by Crippen LogP contribution is 2.27.